The van der Waals surface area contributed by atoms with E-state index in [-0.39, 0.29) is 13.4 Å². The van der Waals surface area contributed by atoms with Crippen LogP contribution in [0.15, 0.2) is 182 Å². The van der Waals surface area contributed by atoms with Crippen molar-refractivity contribution in [3.63, 3.8) is 0 Å². The first-order valence-corrected chi connectivity index (χ1v) is 19.8. The van der Waals surface area contributed by atoms with Gasteiger partial charge < -0.3 is 9.80 Å². The van der Waals surface area contributed by atoms with E-state index in [1.807, 2.05) is 0 Å². The molecule has 4 heteroatoms. The quantitative estimate of drug-likeness (QED) is 0.131. The third-order valence-electron chi connectivity index (χ3n) is 13.4. The van der Waals surface area contributed by atoms with Crippen LogP contribution in [0.5, 0.6) is 0 Å². The highest BCUT2D eigenvalue weighted by molar-refractivity contribution is 7.02. The van der Waals surface area contributed by atoms with Gasteiger partial charge in [0.1, 0.15) is 0 Å². The molecule has 0 saturated carbocycles. The van der Waals surface area contributed by atoms with E-state index in [2.05, 4.69) is 192 Å². The smallest absolute Gasteiger partial charge is 0.248 e. The van der Waals surface area contributed by atoms with Crippen LogP contribution in [0.4, 0.5) is 34.1 Å². The van der Waals surface area contributed by atoms with Crippen molar-refractivity contribution >= 4 is 113 Å². The standard InChI is InChI=1S/C52H30B2N2/c1-3-13-33(14-4-1)55-43-21-9-7-19-39(43)53-41-29-31-26-28-36-38-18-12-24-46-52(38)54(40-20-8-10-22-44(40)56(46)34-15-5-2-6-16-34)42-30-32-25-27-35(37-17-11-23-45(55)51(37)53)49(41)47(32)48(31)50(36)42/h1-30H. The van der Waals surface area contributed by atoms with Crippen LogP contribution in [0.25, 0.3) is 54.6 Å². The van der Waals surface area contributed by atoms with E-state index in [9.17, 15) is 0 Å². The molecular formula is C52H30B2N2. The Morgan fingerprint density at radius 1 is 0.286 bits per heavy atom. The largest absolute Gasteiger partial charge is 0.312 e. The van der Waals surface area contributed by atoms with Crippen molar-refractivity contribution in [2.45, 2.75) is 0 Å². The maximum absolute atomic E-state index is 2.56. The van der Waals surface area contributed by atoms with E-state index in [0.29, 0.717) is 0 Å². The van der Waals surface area contributed by atoms with Crippen molar-refractivity contribution in [3.05, 3.63) is 182 Å². The minimum atomic E-state index is 0.128. The van der Waals surface area contributed by atoms with E-state index in [1.165, 1.54) is 121 Å². The lowest BCUT2D eigenvalue weighted by molar-refractivity contribution is 1.29. The van der Waals surface area contributed by atoms with E-state index in [1.54, 1.807) is 0 Å². The summed E-state index contributed by atoms with van der Waals surface area (Å²) in [6.07, 6.45) is 0. The Kier molecular flexibility index (Phi) is 5.44. The summed E-state index contributed by atoms with van der Waals surface area (Å²) < 4.78 is 0. The topological polar surface area (TPSA) is 6.48 Å². The fraction of sp³-hybridized carbons (Fsp3) is 0. The fourth-order valence-electron chi connectivity index (χ4n) is 11.4. The molecule has 4 aliphatic heterocycles. The summed E-state index contributed by atoms with van der Waals surface area (Å²) >= 11 is 0. The Bertz CT molecular complexity index is 3110. The molecule has 0 bridgehead atoms. The van der Waals surface area contributed by atoms with Gasteiger partial charge in [-0.25, -0.2) is 0 Å². The first-order chi connectivity index (χ1) is 27.8. The molecule has 10 aromatic rings. The number of benzene rings is 10. The minimum absolute atomic E-state index is 0.128. The molecule has 0 aliphatic carbocycles. The highest BCUT2D eigenvalue weighted by Gasteiger charge is 2.44. The van der Waals surface area contributed by atoms with Crippen molar-refractivity contribution in [1.29, 1.82) is 0 Å². The Hall–Kier alpha value is -7.03. The second kappa shape index (κ2) is 10.4. The Labute approximate surface area is 325 Å². The fourth-order valence-corrected chi connectivity index (χ4v) is 11.4. The molecule has 0 unspecified atom stereocenters. The minimum Gasteiger partial charge on any atom is -0.312 e. The Morgan fingerprint density at radius 3 is 1.16 bits per heavy atom. The highest BCUT2D eigenvalue weighted by atomic mass is 15.2. The van der Waals surface area contributed by atoms with Gasteiger partial charge in [-0.15, -0.1) is 0 Å². The second-order valence-electron chi connectivity index (χ2n) is 15.9. The van der Waals surface area contributed by atoms with Gasteiger partial charge >= 0.3 is 0 Å². The third kappa shape index (κ3) is 3.48. The zero-order chi connectivity index (χ0) is 36.2. The Morgan fingerprint density at radius 2 is 0.696 bits per heavy atom. The molecule has 0 saturated heterocycles. The van der Waals surface area contributed by atoms with Crippen molar-refractivity contribution in [2.75, 3.05) is 9.80 Å². The number of fused-ring (bicyclic) bond motifs is 8. The SMILES string of the molecule is c1ccc(N2c3ccccc3B3c4c(cccc42)-c2ccc4cc5c6c(ccc7cc3c2c4c76)-c2cccc3c2B5c2ccccc2N3c2ccccc2)cc1. The van der Waals surface area contributed by atoms with E-state index in [4.69, 9.17) is 0 Å². The second-order valence-corrected chi connectivity index (χ2v) is 15.9. The Balaban J connectivity index is 1.09. The van der Waals surface area contributed by atoms with Gasteiger partial charge in [-0.2, -0.15) is 0 Å². The van der Waals surface area contributed by atoms with Crippen LogP contribution in [0.1, 0.15) is 0 Å². The van der Waals surface area contributed by atoms with Gasteiger partial charge in [0.2, 0.25) is 13.4 Å². The third-order valence-corrected chi connectivity index (χ3v) is 13.4. The van der Waals surface area contributed by atoms with Crippen molar-refractivity contribution in [1.82, 2.24) is 0 Å². The number of hydrogen-bond donors (Lipinski definition) is 0. The molecule has 2 nitrogen and oxygen atoms in total. The molecule has 14 rings (SSSR count). The van der Waals surface area contributed by atoms with Gasteiger partial charge in [0, 0.05) is 34.1 Å². The molecule has 0 radical (unpaired) electrons. The summed E-state index contributed by atoms with van der Waals surface area (Å²) in [6.45, 7) is 0.256. The molecular weight excluding hydrogens is 674 g/mol. The van der Waals surface area contributed by atoms with Crippen LogP contribution in [0.3, 0.4) is 0 Å². The van der Waals surface area contributed by atoms with Crippen LogP contribution in [-0.2, 0) is 0 Å². The number of nitrogens with zero attached hydrogens (tertiary/aromatic N) is 2. The van der Waals surface area contributed by atoms with Crippen LogP contribution in [0, 0.1) is 0 Å². The van der Waals surface area contributed by atoms with Crippen LogP contribution in [-0.4, -0.2) is 13.4 Å². The number of rotatable bonds is 2. The van der Waals surface area contributed by atoms with Crippen LogP contribution >= 0.6 is 0 Å². The van der Waals surface area contributed by atoms with E-state index < -0.39 is 0 Å². The lowest BCUT2D eigenvalue weighted by Gasteiger charge is -2.41. The predicted molar refractivity (Wildman–Crippen MR) is 240 cm³/mol. The molecule has 0 amide bonds. The molecule has 0 aromatic heterocycles. The summed E-state index contributed by atoms with van der Waals surface area (Å²) in [6, 6.07) is 68.6. The average molecular weight is 704 g/mol. The number of hydrogen-bond acceptors (Lipinski definition) is 2. The maximum Gasteiger partial charge on any atom is 0.248 e. The number of para-hydroxylation sites is 4. The van der Waals surface area contributed by atoms with Crippen molar-refractivity contribution in [3.8, 4) is 22.3 Å². The summed E-state index contributed by atoms with van der Waals surface area (Å²) in [7, 11) is 0. The van der Waals surface area contributed by atoms with Crippen molar-refractivity contribution in [2.24, 2.45) is 0 Å². The molecule has 10 aromatic carbocycles. The first-order valence-electron chi connectivity index (χ1n) is 19.8. The first kappa shape index (κ1) is 29.3. The van der Waals surface area contributed by atoms with Gasteiger partial charge in [0.25, 0.3) is 0 Å². The molecule has 4 heterocycles. The van der Waals surface area contributed by atoms with Crippen LogP contribution < -0.4 is 42.6 Å². The summed E-state index contributed by atoms with van der Waals surface area (Å²) in [5.74, 6) is 0. The molecule has 0 atom stereocenters. The van der Waals surface area contributed by atoms with Crippen molar-refractivity contribution < 1.29 is 0 Å². The number of anilines is 6. The van der Waals surface area contributed by atoms with Gasteiger partial charge in [0.15, 0.2) is 0 Å². The maximum atomic E-state index is 2.56. The van der Waals surface area contributed by atoms with Gasteiger partial charge in [-0.3, -0.25) is 0 Å². The molecule has 0 N–H and O–H groups in total. The van der Waals surface area contributed by atoms with Gasteiger partial charge in [-0.1, -0.05) is 144 Å². The molecule has 0 spiro atoms. The van der Waals surface area contributed by atoms with Gasteiger partial charge in [-0.05, 0) is 125 Å². The van der Waals surface area contributed by atoms with E-state index >= 15 is 0 Å². The highest BCUT2D eigenvalue weighted by Crippen LogP contribution is 2.48. The molecule has 0 fully saturated rings. The molecule has 254 valence electrons. The van der Waals surface area contributed by atoms with Crippen LogP contribution in [0.2, 0.25) is 0 Å². The monoisotopic (exact) mass is 704 g/mol. The normalized spacial score (nSPS) is 13.9. The molecule has 4 aliphatic rings. The summed E-state index contributed by atoms with van der Waals surface area (Å²) in [5.41, 5.74) is 21.2. The average Bonchev–Trinajstić information content (AvgIpc) is 3.26. The summed E-state index contributed by atoms with van der Waals surface area (Å²) in [5, 5.41) is 8.29. The lowest BCUT2D eigenvalue weighted by Crippen LogP contribution is -2.60. The predicted octanol–water partition coefficient (Wildman–Crippen LogP) is 9.14. The van der Waals surface area contributed by atoms with Gasteiger partial charge in [0.05, 0.1) is 0 Å². The zero-order valence-electron chi connectivity index (χ0n) is 30.4. The summed E-state index contributed by atoms with van der Waals surface area (Å²) in [4.78, 5) is 4.95. The van der Waals surface area contributed by atoms with E-state index in [0.717, 1.165) is 0 Å². The zero-order valence-corrected chi connectivity index (χ0v) is 30.4. The lowest BCUT2D eigenvalue weighted by atomic mass is 9.31. The molecule has 56 heavy (non-hydrogen) atoms.